The highest BCUT2D eigenvalue weighted by Gasteiger charge is 2.14. The molecule has 1 aromatic rings. The fraction of sp³-hybridized carbons (Fsp3) is 0.462. The first kappa shape index (κ1) is 13.4. The van der Waals surface area contributed by atoms with Gasteiger partial charge in [-0.05, 0) is 30.0 Å². The highest BCUT2D eigenvalue weighted by atomic mass is 16.5. The van der Waals surface area contributed by atoms with Crippen LogP contribution < -0.4 is 10.5 Å². The van der Waals surface area contributed by atoms with Crippen LogP contribution >= 0.6 is 0 Å². The molecule has 0 saturated carbocycles. The summed E-state index contributed by atoms with van der Waals surface area (Å²) in [6.45, 7) is 6.82. The third-order valence-corrected chi connectivity index (χ3v) is 2.34. The number of hydrogen-bond donors (Lipinski definition) is 2. The van der Waals surface area contributed by atoms with Crippen LogP contribution in [0.25, 0.3) is 0 Å². The van der Waals surface area contributed by atoms with E-state index in [-0.39, 0.29) is 11.0 Å². The lowest BCUT2D eigenvalue weighted by Crippen LogP contribution is -2.12. The second kappa shape index (κ2) is 5.08. The Morgan fingerprint density at radius 1 is 1.41 bits per heavy atom. The fourth-order valence-corrected chi connectivity index (χ4v) is 1.31. The lowest BCUT2D eigenvalue weighted by atomic mass is 9.93. The quantitative estimate of drug-likeness (QED) is 0.790. The zero-order valence-electron chi connectivity index (χ0n) is 10.5. The molecule has 0 radical (unpaired) electrons. The van der Waals surface area contributed by atoms with Crippen molar-refractivity contribution >= 4 is 11.7 Å². The molecule has 0 aliphatic carbocycles. The van der Waals surface area contributed by atoms with Gasteiger partial charge in [0, 0.05) is 5.69 Å². The molecule has 0 saturated heterocycles. The van der Waals surface area contributed by atoms with Gasteiger partial charge in [-0.3, -0.25) is 0 Å². The predicted octanol–water partition coefficient (Wildman–Crippen LogP) is 2.78. The van der Waals surface area contributed by atoms with E-state index in [1.54, 1.807) is 12.1 Å². The van der Waals surface area contributed by atoms with Gasteiger partial charge < -0.3 is 15.6 Å². The SMILES string of the molecule is CC(C)(C)CCOc1ccc(N)cc1C(=O)O. The van der Waals surface area contributed by atoms with E-state index in [4.69, 9.17) is 15.6 Å². The smallest absolute Gasteiger partial charge is 0.339 e. The number of rotatable bonds is 4. The van der Waals surface area contributed by atoms with Gasteiger partial charge in [0.2, 0.25) is 0 Å². The summed E-state index contributed by atoms with van der Waals surface area (Å²) in [4.78, 5) is 11.0. The molecule has 0 heterocycles. The van der Waals surface area contributed by atoms with Crippen LogP contribution in [0, 0.1) is 5.41 Å². The first-order chi connectivity index (χ1) is 7.79. The molecule has 17 heavy (non-hydrogen) atoms. The van der Waals surface area contributed by atoms with Gasteiger partial charge in [0.1, 0.15) is 11.3 Å². The van der Waals surface area contributed by atoms with Gasteiger partial charge in [0.25, 0.3) is 0 Å². The molecule has 0 bridgehead atoms. The van der Waals surface area contributed by atoms with Gasteiger partial charge in [-0.25, -0.2) is 4.79 Å². The minimum absolute atomic E-state index is 0.110. The van der Waals surface area contributed by atoms with Gasteiger partial charge in [0.05, 0.1) is 6.61 Å². The Bertz CT molecular complexity index is 408. The number of carbonyl (C=O) groups is 1. The Morgan fingerprint density at radius 2 is 2.06 bits per heavy atom. The Morgan fingerprint density at radius 3 is 2.59 bits per heavy atom. The van der Waals surface area contributed by atoms with Crippen molar-refractivity contribution in [3.63, 3.8) is 0 Å². The van der Waals surface area contributed by atoms with E-state index in [0.717, 1.165) is 6.42 Å². The van der Waals surface area contributed by atoms with Gasteiger partial charge >= 0.3 is 5.97 Å². The monoisotopic (exact) mass is 237 g/mol. The van der Waals surface area contributed by atoms with Crippen LogP contribution in [0.15, 0.2) is 18.2 Å². The summed E-state index contributed by atoms with van der Waals surface area (Å²) >= 11 is 0. The molecule has 0 amide bonds. The first-order valence-corrected chi connectivity index (χ1v) is 5.55. The zero-order valence-corrected chi connectivity index (χ0v) is 10.5. The largest absolute Gasteiger partial charge is 0.493 e. The first-order valence-electron chi connectivity index (χ1n) is 5.55. The van der Waals surface area contributed by atoms with E-state index < -0.39 is 5.97 Å². The normalized spacial score (nSPS) is 11.2. The number of nitrogens with two attached hydrogens (primary N) is 1. The zero-order chi connectivity index (χ0) is 13.1. The van der Waals surface area contributed by atoms with Crippen LogP contribution in [0.4, 0.5) is 5.69 Å². The summed E-state index contributed by atoms with van der Waals surface area (Å²) in [5.74, 6) is -0.654. The van der Waals surface area contributed by atoms with Crippen LogP contribution in [0.1, 0.15) is 37.6 Å². The lowest BCUT2D eigenvalue weighted by molar-refractivity contribution is 0.0692. The van der Waals surface area contributed by atoms with E-state index in [1.165, 1.54) is 6.07 Å². The maximum atomic E-state index is 11.0. The van der Waals surface area contributed by atoms with E-state index >= 15 is 0 Å². The van der Waals surface area contributed by atoms with Crippen LogP contribution in [0.5, 0.6) is 5.75 Å². The lowest BCUT2D eigenvalue weighted by Gasteiger charge is -2.18. The van der Waals surface area contributed by atoms with Crippen molar-refractivity contribution < 1.29 is 14.6 Å². The Balaban J connectivity index is 2.74. The van der Waals surface area contributed by atoms with Gasteiger partial charge in [-0.15, -0.1) is 0 Å². The summed E-state index contributed by atoms with van der Waals surface area (Å²) < 4.78 is 5.49. The molecule has 4 heteroatoms. The van der Waals surface area contributed by atoms with E-state index in [0.29, 0.717) is 18.0 Å². The molecule has 94 valence electrons. The van der Waals surface area contributed by atoms with Crippen molar-refractivity contribution in [3.8, 4) is 5.75 Å². The third kappa shape index (κ3) is 4.34. The Labute approximate surface area is 101 Å². The highest BCUT2D eigenvalue weighted by Crippen LogP contribution is 2.24. The van der Waals surface area contributed by atoms with Crippen molar-refractivity contribution in [1.29, 1.82) is 0 Å². The molecule has 4 nitrogen and oxygen atoms in total. The number of anilines is 1. The number of carboxylic acid groups (broad SMARTS) is 1. The summed E-state index contributed by atoms with van der Waals surface area (Å²) in [5.41, 5.74) is 6.24. The molecule has 0 spiro atoms. The van der Waals surface area contributed by atoms with Gasteiger partial charge in [0.15, 0.2) is 0 Å². The number of benzene rings is 1. The Kier molecular flexibility index (Phi) is 3.99. The standard InChI is InChI=1S/C13H19NO3/c1-13(2,3)6-7-17-11-5-4-9(14)8-10(11)12(15)16/h4-5,8H,6-7,14H2,1-3H3,(H,15,16). The molecule has 0 aromatic heterocycles. The van der Waals surface area contributed by atoms with Crippen molar-refractivity contribution in [1.82, 2.24) is 0 Å². The van der Waals surface area contributed by atoms with Crippen molar-refractivity contribution in [2.24, 2.45) is 5.41 Å². The van der Waals surface area contributed by atoms with Crippen molar-refractivity contribution in [2.75, 3.05) is 12.3 Å². The molecule has 0 fully saturated rings. The molecule has 1 aromatic carbocycles. The van der Waals surface area contributed by atoms with Crippen molar-refractivity contribution in [3.05, 3.63) is 23.8 Å². The van der Waals surface area contributed by atoms with E-state index in [9.17, 15) is 4.79 Å². The number of carboxylic acids is 1. The average molecular weight is 237 g/mol. The number of ether oxygens (including phenoxy) is 1. The highest BCUT2D eigenvalue weighted by molar-refractivity contribution is 5.92. The minimum atomic E-state index is -1.02. The second-order valence-corrected chi connectivity index (χ2v) is 5.22. The summed E-state index contributed by atoms with van der Waals surface area (Å²) in [6, 6.07) is 4.65. The topological polar surface area (TPSA) is 72.5 Å². The van der Waals surface area contributed by atoms with E-state index in [1.807, 2.05) is 0 Å². The van der Waals surface area contributed by atoms with Crippen molar-refractivity contribution in [2.45, 2.75) is 27.2 Å². The molecule has 0 aliphatic heterocycles. The van der Waals surface area contributed by atoms with E-state index in [2.05, 4.69) is 20.8 Å². The molecule has 0 unspecified atom stereocenters. The molecule has 1 rings (SSSR count). The van der Waals surface area contributed by atoms with Crippen LogP contribution in [-0.4, -0.2) is 17.7 Å². The number of hydrogen-bond acceptors (Lipinski definition) is 3. The number of aromatic carboxylic acids is 1. The summed E-state index contributed by atoms with van der Waals surface area (Å²) in [5, 5.41) is 9.01. The molecule has 0 aliphatic rings. The predicted molar refractivity (Wildman–Crippen MR) is 67.4 cm³/mol. The van der Waals surface area contributed by atoms with Gasteiger partial charge in [-0.1, -0.05) is 20.8 Å². The maximum absolute atomic E-state index is 11.0. The maximum Gasteiger partial charge on any atom is 0.339 e. The fourth-order valence-electron chi connectivity index (χ4n) is 1.31. The average Bonchev–Trinajstić information content (AvgIpc) is 2.18. The summed E-state index contributed by atoms with van der Waals surface area (Å²) in [6.07, 6.45) is 0.858. The second-order valence-electron chi connectivity index (χ2n) is 5.22. The number of nitrogen functional groups attached to an aromatic ring is 1. The van der Waals surface area contributed by atoms with Crippen LogP contribution in [0.2, 0.25) is 0 Å². The van der Waals surface area contributed by atoms with Gasteiger partial charge in [-0.2, -0.15) is 0 Å². The van der Waals surface area contributed by atoms with Crippen LogP contribution in [-0.2, 0) is 0 Å². The minimum Gasteiger partial charge on any atom is -0.493 e. The van der Waals surface area contributed by atoms with Crippen LogP contribution in [0.3, 0.4) is 0 Å². The summed E-state index contributed by atoms with van der Waals surface area (Å²) in [7, 11) is 0. The molecule has 3 N–H and O–H groups in total. The third-order valence-electron chi connectivity index (χ3n) is 2.34. The molecular weight excluding hydrogens is 218 g/mol. The Hall–Kier alpha value is -1.71. The molecular formula is C13H19NO3. The molecule has 0 atom stereocenters.